The molecule has 11 heavy (non-hydrogen) atoms. The molecule has 0 aromatic carbocycles. The Morgan fingerprint density at radius 3 is 3.18 bits per heavy atom. The molecular weight excluding hydrogens is 140 g/mol. The summed E-state index contributed by atoms with van der Waals surface area (Å²) in [7, 11) is 0. The van der Waals surface area contributed by atoms with Gasteiger partial charge in [0.2, 0.25) is 0 Å². The Labute approximate surface area is 63.3 Å². The molecule has 2 aromatic heterocycles. The summed E-state index contributed by atoms with van der Waals surface area (Å²) in [4.78, 5) is 7.83. The van der Waals surface area contributed by atoms with Gasteiger partial charge in [-0.05, 0) is 6.07 Å². The Morgan fingerprint density at radius 2 is 2.27 bits per heavy atom. The van der Waals surface area contributed by atoms with Crippen molar-refractivity contribution in [3.8, 4) is 5.75 Å². The number of rotatable bonds is 0. The Balaban J connectivity index is 2.83. The molecule has 1 radical (unpaired) electrons. The summed E-state index contributed by atoms with van der Waals surface area (Å²) in [6, 6.07) is 4.49. The van der Waals surface area contributed by atoms with Crippen LogP contribution < -0.4 is 0 Å². The lowest BCUT2D eigenvalue weighted by atomic mass is 10.3. The van der Waals surface area contributed by atoms with Gasteiger partial charge in [0.1, 0.15) is 5.75 Å². The Kier molecular flexibility index (Phi) is 1.22. The SMILES string of the molecule is Oc1[c]c2cnccc2nc1. The van der Waals surface area contributed by atoms with Gasteiger partial charge in [-0.25, -0.2) is 0 Å². The number of nitrogens with zero attached hydrogens (tertiary/aromatic N) is 2. The van der Waals surface area contributed by atoms with Gasteiger partial charge < -0.3 is 5.11 Å². The van der Waals surface area contributed by atoms with Crippen molar-refractivity contribution < 1.29 is 5.11 Å². The van der Waals surface area contributed by atoms with Gasteiger partial charge in [-0.3, -0.25) is 9.97 Å². The Hall–Kier alpha value is -1.64. The maximum absolute atomic E-state index is 8.98. The van der Waals surface area contributed by atoms with Crippen LogP contribution in [0.4, 0.5) is 0 Å². The zero-order valence-electron chi connectivity index (χ0n) is 5.65. The molecular formula is C8H5N2O. The fourth-order valence-corrected chi connectivity index (χ4v) is 0.897. The van der Waals surface area contributed by atoms with Crippen LogP contribution in [0.25, 0.3) is 10.9 Å². The first-order valence-electron chi connectivity index (χ1n) is 3.17. The average Bonchev–Trinajstić information content (AvgIpc) is 2.04. The number of hydrogen-bond acceptors (Lipinski definition) is 3. The normalized spacial score (nSPS) is 10.2. The summed E-state index contributed by atoms with van der Waals surface area (Å²) >= 11 is 0. The molecule has 0 spiro atoms. The van der Waals surface area contributed by atoms with Crippen LogP contribution in [0.5, 0.6) is 5.75 Å². The quantitative estimate of drug-likeness (QED) is 0.604. The number of fused-ring (bicyclic) bond motifs is 1. The summed E-state index contributed by atoms with van der Waals surface area (Å²) < 4.78 is 0. The summed E-state index contributed by atoms with van der Waals surface area (Å²) in [6.45, 7) is 0. The van der Waals surface area contributed by atoms with E-state index in [-0.39, 0.29) is 5.75 Å². The van der Waals surface area contributed by atoms with Crippen LogP contribution >= 0.6 is 0 Å². The predicted molar refractivity (Wildman–Crippen MR) is 40.0 cm³/mol. The van der Waals surface area contributed by atoms with E-state index in [4.69, 9.17) is 5.11 Å². The highest BCUT2D eigenvalue weighted by Gasteiger charge is 1.94. The third kappa shape index (κ3) is 1.00. The highest BCUT2D eigenvalue weighted by molar-refractivity contribution is 5.77. The Morgan fingerprint density at radius 1 is 1.36 bits per heavy atom. The van der Waals surface area contributed by atoms with Crippen LogP contribution in [-0.4, -0.2) is 15.1 Å². The molecule has 53 valence electrons. The van der Waals surface area contributed by atoms with E-state index >= 15 is 0 Å². The molecule has 0 aliphatic rings. The predicted octanol–water partition coefficient (Wildman–Crippen LogP) is 1.14. The largest absolute Gasteiger partial charge is 0.506 e. The van der Waals surface area contributed by atoms with E-state index < -0.39 is 0 Å². The van der Waals surface area contributed by atoms with Crippen molar-refractivity contribution in [1.29, 1.82) is 0 Å². The third-order valence-corrected chi connectivity index (χ3v) is 1.39. The lowest BCUT2D eigenvalue weighted by Gasteiger charge is -1.93. The molecule has 2 heterocycles. The lowest BCUT2D eigenvalue weighted by Crippen LogP contribution is -1.78. The second kappa shape index (κ2) is 2.20. The van der Waals surface area contributed by atoms with Gasteiger partial charge >= 0.3 is 0 Å². The monoisotopic (exact) mass is 145 g/mol. The van der Waals surface area contributed by atoms with E-state index in [1.807, 2.05) is 0 Å². The molecule has 0 amide bonds. The van der Waals surface area contributed by atoms with Crippen LogP contribution in [0, 0.1) is 6.07 Å². The molecule has 0 saturated heterocycles. The molecule has 2 aromatic rings. The maximum Gasteiger partial charge on any atom is 0.142 e. The molecule has 1 N–H and O–H groups in total. The van der Waals surface area contributed by atoms with Crippen molar-refractivity contribution in [3.05, 3.63) is 30.7 Å². The van der Waals surface area contributed by atoms with E-state index in [0.29, 0.717) is 0 Å². The van der Waals surface area contributed by atoms with Gasteiger partial charge in [-0.1, -0.05) is 0 Å². The second-order valence-corrected chi connectivity index (χ2v) is 2.16. The van der Waals surface area contributed by atoms with Crippen LogP contribution in [0.2, 0.25) is 0 Å². The molecule has 2 rings (SSSR count). The minimum Gasteiger partial charge on any atom is -0.506 e. The molecule has 3 nitrogen and oxygen atoms in total. The third-order valence-electron chi connectivity index (χ3n) is 1.39. The minimum absolute atomic E-state index is 0.0468. The van der Waals surface area contributed by atoms with Crippen molar-refractivity contribution in [3.63, 3.8) is 0 Å². The highest BCUT2D eigenvalue weighted by Crippen LogP contribution is 2.13. The van der Waals surface area contributed by atoms with Crippen molar-refractivity contribution >= 4 is 10.9 Å². The van der Waals surface area contributed by atoms with Gasteiger partial charge in [0.25, 0.3) is 0 Å². The second-order valence-electron chi connectivity index (χ2n) is 2.16. The zero-order chi connectivity index (χ0) is 7.68. The summed E-state index contributed by atoms with van der Waals surface area (Å²) in [5, 5.41) is 9.71. The van der Waals surface area contributed by atoms with E-state index in [2.05, 4.69) is 16.0 Å². The van der Waals surface area contributed by atoms with Crippen LogP contribution in [0.1, 0.15) is 0 Å². The fraction of sp³-hybridized carbons (Fsp3) is 0. The van der Waals surface area contributed by atoms with Gasteiger partial charge in [0.05, 0.1) is 11.7 Å². The van der Waals surface area contributed by atoms with E-state index in [1.165, 1.54) is 6.20 Å². The van der Waals surface area contributed by atoms with Gasteiger partial charge in [-0.15, -0.1) is 0 Å². The maximum atomic E-state index is 8.98. The molecule has 3 heteroatoms. The van der Waals surface area contributed by atoms with E-state index in [9.17, 15) is 0 Å². The Bertz CT molecular complexity index is 387. The fourth-order valence-electron chi connectivity index (χ4n) is 0.897. The molecule has 0 saturated carbocycles. The van der Waals surface area contributed by atoms with Crippen molar-refractivity contribution in [2.75, 3.05) is 0 Å². The topological polar surface area (TPSA) is 46.0 Å². The zero-order valence-corrected chi connectivity index (χ0v) is 5.65. The summed E-state index contributed by atoms with van der Waals surface area (Å²) in [6.07, 6.45) is 4.63. The van der Waals surface area contributed by atoms with Crippen LogP contribution in [0.15, 0.2) is 24.7 Å². The average molecular weight is 145 g/mol. The standard InChI is InChI=1S/C8H5N2O/c11-7-3-6-4-9-2-1-8(6)10-5-7/h1-2,4-5,11H. The van der Waals surface area contributed by atoms with Gasteiger partial charge in [-0.2, -0.15) is 0 Å². The van der Waals surface area contributed by atoms with Crippen molar-refractivity contribution in [1.82, 2.24) is 9.97 Å². The van der Waals surface area contributed by atoms with E-state index in [0.717, 1.165) is 10.9 Å². The highest BCUT2D eigenvalue weighted by atomic mass is 16.3. The number of aromatic nitrogens is 2. The van der Waals surface area contributed by atoms with Crippen molar-refractivity contribution in [2.45, 2.75) is 0 Å². The number of hydrogen-bond donors (Lipinski definition) is 1. The molecule has 0 atom stereocenters. The molecule has 0 unspecified atom stereocenters. The van der Waals surface area contributed by atoms with Crippen LogP contribution in [-0.2, 0) is 0 Å². The summed E-state index contributed by atoms with van der Waals surface area (Å²) in [5.41, 5.74) is 0.790. The van der Waals surface area contributed by atoms with Gasteiger partial charge in [0, 0.05) is 23.8 Å². The first-order valence-corrected chi connectivity index (χ1v) is 3.17. The minimum atomic E-state index is 0.0468. The van der Waals surface area contributed by atoms with Crippen LogP contribution in [0.3, 0.4) is 0 Å². The lowest BCUT2D eigenvalue weighted by molar-refractivity contribution is 0.473. The molecule has 0 aliphatic carbocycles. The number of pyridine rings is 2. The molecule has 0 fully saturated rings. The van der Waals surface area contributed by atoms with Crippen molar-refractivity contribution in [2.24, 2.45) is 0 Å². The molecule has 0 aliphatic heterocycles. The molecule has 0 bridgehead atoms. The van der Waals surface area contributed by atoms with E-state index in [1.54, 1.807) is 18.5 Å². The number of aromatic hydroxyl groups is 1. The summed E-state index contributed by atoms with van der Waals surface area (Å²) in [5.74, 6) is 0.0468. The first-order chi connectivity index (χ1) is 5.36. The smallest absolute Gasteiger partial charge is 0.142 e. The van der Waals surface area contributed by atoms with Gasteiger partial charge in [0.15, 0.2) is 0 Å². The first kappa shape index (κ1) is 6.09.